The van der Waals surface area contributed by atoms with Crippen molar-refractivity contribution in [2.45, 2.75) is 25.3 Å². The number of benzene rings is 1. The number of likely N-dealkylation sites (tertiary alicyclic amines) is 1. The van der Waals surface area contributed by atoms with E-state index in [1.165, 1.54) is 18.4 Å². The van der Waals surface area contributed by atoms with E-state index in [4.69, 9.17) is 28.9 Å². The van der Waals surface area contributed by atoms with Crippen molar-refractivity contribution in [3.63, 3.8) is 0 Å². The van der Waals surface area contributed by atoms with E-state index in [1.807, 2.05) is 12.1 Å². The first-order valence-electron chi connectivity index (χ1n) is 6.11. The molecule has 0 saturated carbocycles. The third-order valence-electron chi connectivity index (χ3n) is 3.29. The molecule has 0 spiro atoms. The molecule has 1 aliphatic heterocycles. The molecule has 1 aromatic rings. The zero-order valence-corrected chi connectivity index (χ0v) is 11.3. The van der Waals surface area contributed by atoms with Crippen LogP contribution in [0.15, 0.2) is 18.2 Å². The molecule has 1 heterocycles. The van der Waals surface area contributed by atoms with Gasteiger partial charge in [-0.1, -0.05) is 23.2 Å². The molecule has 1 atom stereocenters. The average Bonchev–Trinajstić information content (AvgIpc) is 2.77. The Morgan fingerprint density at radius 3 is 2.24 bits per heavy atom. The fourth-order valence-corrected chi connectivity index (χ4v) is 3.08. The molecule has 2 nitrogen and oxygen atoms in total. The quantitative estimate of drug-likeness (QED) is 0.910. The number of nitrogens with zero attached hydrogens (tertiary/aromatic N) is 1. The van der Waals surface area contributed by atoms with Gasteiger partial charge in [-0.15, -0.1) is 0 Å². The molecule has 94 valence electrons. The zero-order chi connectivity index (χ0) is 12.3. The molecule has 1 aromatic carbocycles. The minimum Gasteiger partial charge on any atom is -0.330 e. The Kier molecular flexibility index (Phi) is 4.69. The van der Waals surface area contributed by atoms with Crippen molar-refractivity contribution in [1.82, 2.24) is 4.90 Å². The maximum atomic E-state index is 6.07. The van der Waals surface area contributed by atoms with Gasteiger partial charge in [-0.3, -0.25) is 4.90 Å². The highest BCUT2D eigenvalue weighted by molar-refractivity contribution is 6.34. The summed E-state index contributed by atoms with van der Waals surface area (Å²) in [6.07, 6.45) is 3.50. The molecular weight excluding hydrogens is 255 g/mol. The van der Waals surface area contributed by atoms with Gasteiger partial charge >= 0.3 is 0 Å². The summed E-state index contributed by atoms with van der Waals surface area (Å²) >= 11 is 12.1. The fraction of sp³-hybridized carbons (Fsp3) is 0.538. The van der Waals surface area contributed by atoms with E-state index in [9.17, 15) is 0 Å². The Bertz CT molecular complexity index is 355. The Balaban J connectivity index is 2.24. The van der Waals surface area contributed by atoms with Gasteiger partial charge in [-0.2, -0.15) is 0 Å². The summed E-state index contributed by atoms with van der Waals surface area (Å²) < 4.78 is 0. The van der Waals surface area contributed by atoms with Gasteiger partial charge in [-0.25, -0.2) is 0 Å². The first-order chi connectivity index (χ1) is 8.20. The molecule has 0 aromatic heterocycles. The highest BCUT2D eigenvalue weighted by atomic mass is 35.5. The number of hydrogen-bond acceptors (Lipinski definition) is 2. The summed E-state index contributed by atoms with van der Waals surface area (Å²) in [7, 11) is 0. The van der Waals surface area contributed by atoms with Gasteiger partial charge in [0.2, 0.25) is 0 Å². The fourth-order valence-electron chi connectivity index (χ4n) is 2.54. The van der Waals surface area contributed by atoms with Crippen molar-refractivity contribution in [1.29, 1.82) is 0 Å². The molecule has 0 amide bonds. The van der Waals surface area contributed by atoms with Crippen LogP contribution in [0.5, 0.6) is 0 Å². The molecule has 0 radical (unpaired) electrons. The minimum absolute atomic E-state index is 0.360. The van der Waals surface area contributed by atoms with Crippen LogP contribution in [0.25, 0.3) is 0 Å². The van der Waals surface area contributed by atoms with Gasteiger partial charge in [0, 0.05) is 16.1 Å². The number of rotatable bonds is 4. The standard InChI is InChI=1S/C13H18Cl2N2/c14-11-7-10(8-12(15)9-11)13(3-4-16)17-5-1-2-6-17/h7-9,13H,1-6,16H2. The summed E-state index contributed by atoms with van der Waals surface area (Å²) in [6.45, 7) is 2.98. The predicted molar refractivity (Wildman–Crippen MR) is 73.7 cm³/mol. The second-order valence-electron chi connectivity index (χ2n) is 4.54. The van der Waals surface area contributed by atoms with Gasteiger partial charge < -0.3 is 5.73 Å². The normalized spacial score (nSPS) is 18.5. The van der Waals surface area contributed by atoms with E-state index < -0.39 is 0 Å². The van der Waals surface area contributed by atoms with Crippen LogP contribution in [0.2, 0.25) is 10.0 Å². The van der Waals surface area contributed by atoms with Crippen molar-refractivity contribution in [3.05, 3.63) is 33.8 Å². The molecule has 0 bridgehead atoms. The Labute approximate surface area is 113 Å². The lowest BCUT2D eigenvalue weighted by Gasteiger charge is -2.27. The van der Waals surface area contributed by atoms with Crippen molar-refractivity contribution >= 4 is 23.2 Å². The van der Waals surface area contributed by atoms with Crippen LogP contribution in [0.1, 0.15) is 30.9 Å². The molecule has 1 aliphatic rings. The number of nitrogens with two attached hydrogens (primary N) is 1. The van der Waals surface area contributed by atoms with E-state index in [1.54, 1.807) is 6.07 Å². The lowest BCUT2D eigenvalue weighted by molar-refractivity contribution is 0.236. The molecule has 17 heavy (non-hydrogen) atoms. The minimum atomic E-state index is 0.360. The van der Waals surface area contributed by atoms with Gasteiger partial charge in [-0.05, 0) is 62.7 Å². The highest BCUT2D eigenvalue weighted by Crippen LogP contribution is 2.31. The van der Waals surface area contributed by atoms with Crippen LogP contribution >= 0.6 is 23.2 Å². The third kappa shape index (κ3) is 3.35. The molecule has 2 rings (SSSR count). The molecular formula is C13H18Cl2N2. The second kappa shape index (κ2) is 6.05. The summed E-state index contributed by atoms with van der Waals surface area (Å²) in [5.41, 5.74) is 6.91. The van der Waals surface area contributed by atoms with Gasteiger partial charge in [0.1, 0.15) is 0 Å². The maximum Gasteiger partial charge on any atom is 0.0424 e. The lowest BCUT2D eigenvalue weighted by atomic mass is 10.0. The van der Waals surface area contributed by atoms with Crippen LogP contribution < -0.4 is 5.73 Å². The first-order valence-corrected chi connectivity index (χ1v) is 6.86. The summed E-state index contributed by atoms with van der Waals surface area (Å²) in [5, 5.41) is 1.41. The average molecular weight is 273 g/mol. The molecule has 1 fully saturated rings. The van der Waals surface area contributed by atoms with Crippen LogP contribution in [0.3, 0.4) is 0 Å². The monoisotopic (exact) mass is 272 g/mol. The Morgan fingerprint density at radius 1 is 1.12 bits per heavy atom. The van der Waals surface area contributed by atoms with Crippen LogP contribution in [-0.2, 0) is 0 Å². The van der Waals surface area contributed by atoms with Gasteiger partial charge in [0.25, 0.3) is 0 Å². The van der Waals surface area contributed by atoms with Crippen molar-refractivity contribution in [3.8, 4) is 0 Å². The molecule has 2 N–H and O–H groups in total. The van der Waals surface area contributed by atoms with Crippen LogP contribution in [0.4, 0.5) is 0 Å². The lowest BCUT2D eigenvalue weighted by Crippen LogP contribution is -2.27. The largest absolute Gasteiger partial charge is 0.330 e. The molecule has 4 heteroatoms. The zero-order valence-electron chi connectivity index (χ0n) is 9.83. The molecule has 0 aliphatic carbocycles. The van der Waals surface area contributed by atoms with E-state index in [0.717, 1.165) is 19.5 Å². The maximum absolute atomic E-state index is 6.07. The predicted octanol–water partition coefficient (Wildman–Crippen LogP) is 3.48. The van der Waals surface area contributed by atoms with E-state index >= 15 is 0 Å². The third-order valence-corrected chi connectivity index (χ3v) is 3.73. The van der Waals surface area contributed by atoms with Crippen molar-refractivity contribution in [2.24, 2.45) is 5.73 Å². The smallest absolute Gasteiger partial charge is 0.0424 e. The molecule has 1 unspecified atom stereocenters. The summed E-state index contributed by atoms with van der Waals surface area (Å²) in [5.74, 6) is 0. The SMILES string of the molecule is NCCC(c1cc(Cl)cc(Cl)c1)N1CCCC1. The van der Waals surface area contributed by atoms with E-state index in [0.29, 0.717) is 22.6 Å². The Hall–Kier alpha value is -0.280. The second-order valence-corrected chi connectivity index (χ2v) is 5.41. The Morgan fingerprint density at radius 2 is 1.71 bits per heavy atom. The number of hydrogen-bond donors (Lipinski definition) is 1. The number of halogens is 2. The molecule has 1 saturated heterocycles. The first kappa shape index (κ1) is 13.2. The van der Waals surface area contributed by atoms with Crippen molar-refractivity contribution < 1.29 is 0 Å². The van der Waals surface area contributed by atoms with Crippen LogP contribution in [-0.4, -0.2) is 24.5 Å². The topological polar surface area (TPSA) is 29.3 Å². The van der Waals surface area contributed by atoms with Crippen LogP contribution in [0, 0.1) is 0 Å². The van der Waals surface area contributed by atoms with E-state index in [2.05, 4.69) is 4.90 Å². The van der Waals surface area contributed by atoms with Crippen molar-refractivity contribution in [2.75, 3.05) is 19.6 Å². The highest BCUT2D eigenvalue weighted by Gasteiger charge is 2.23. The van der Waals surface area contributed by atoms with Gasteiger partial charge in [0.15, 0.2) is 0 Å². The summed E-state index contributed by atoms with van der Waals surface area (Å²) in [6, 6.07) is 6.15. The van der Waals surface area contributed by atoms with Gasteiger partial charge in [0.05, 0.1) is 0 Å². The summed E-state index contributed by atoms with van der Waals surface area (Å²) in [4.78, 5) is 2.48. The van der Waals surface area contributed by atoms with E-state index in [-0.39, 0.29) is 0 Å².